The summed E-state index contributed by atoms with van der Waals surface area (Å²) in [4.78, 5) is 34.6. The maximum absolute atomic E-state index is 14.8. The van der Waals surface area contributed by atoms with Crippen molar-refractivity contribution in [1.82, 2.24) is 10.2 Å². The van der Waals surface area contributed by atoms with Crippen molar-refractivity contribution in [3.05, 3.63) is 107 Å². The molecule has 9 aliphatic rings. The van der Waals surface area contributed by atoms with Crippen molar-refractivity contribution < 1.29 is 29.3 Å². The maximum Gasteiger partial charge on any atom is 0.302 e. The van der Waals surface area contributed by atoms with E-state index in [-0.39, 0.29) is 57.6 Å². The van der Waals surface area contributed by atoms with Crippen molar-refractivity contribution in [1.29, 1.82) is 0 Å². The average Bonchev–Trinajstić information content (AvgIpc) is 4.22. The fourth-order valence-corrected chi connectivity index (χ4v) is 20.1. The number of aliphatic imine (C=N–C) groups is 1. The Kier molecular flexibility index (Phi) is 15.5. The molecule has 3 aromatic carbocycles. The molecule has 5 aliphatic carbocycles. The van der Waals surface area contributed by atoms with Gasteiger partial charge in [-0.1, -0.05) is 114 Å². The number of phenolic OH excluding ortho intramolecular Hbond substituents is 1. The molecule has 0 aromatic heterocycles. The molecular weight excluding hydrogens is 961 g/mol. The second kappa shape index (κ2) is 22.1. The summed E-state index contributed by atoms with van der Waals surface area (Å²) in [5, 5.41) is 28.2. The summed E-state index contributed by atoms with van der Waals surface area (Å²) in [6.07, 6.45) is 25.6. The molecule has 0 radical (unpaired) electrons. The van der Waals surface area contributed by atoms with Crippen molar-refractivity contribution in [3.8, 4) is 11.5 Å². The quantitative estimate of drug-likeness (QED) is 0.111. The molecule has 398 valence electrons. The van der Waals surface area contributed by atoms with Crippen LogP contribution in [0.4, 0.5) is 0 Å². The molecule has 4 spiro atoms. The van der Waals surface area contributed by atoms with Crippen LogP contribution in [-0.4, -0.2) is 74.5 Å². The van der Waals surface area contributed by atoms with Gasteiger partial charge in [0.2, 0.25) is 5.91 Å². The normalized spacial score (nSPS) is 34.4. The highest BCUT2D eigenvalue weighted by Crippen LogP contribution is 2.64. The molecule has 12 rings (SSSR count). The highest BCUT2D eigenvalue weighted by Gasteiger charge is 2.59. The second-order valence-corrected chi connectivity index (χ2v) is 26.9. The van der Waals surface area contributed by atoms with Gasteiger partial charge in [0, 0.05) is 78.9 Å². The van der Waals surface area contributed by atoms with Gasteiger partial charge in [-0.25, -0.2) is 0 Å². The molecule has 10 atom stereocenters. The lowest BCUT2D eigenvalue weighted by Crippen LogP contribution is -2.55. The Balaban J connectivity index is 0.937. The van der Waals surface area contributed by atoms with Gasteiger partial charge in [-0.05, 0) is 156 Å². The number of allylic oxidation sites excluding steroid dienone is 1. The van der Waals surface area contributed by atoms with Crippen LogP contribution in [0.5, 0.6) is 11.5 Å². The Morgan fingerprint density at radius 3 is 2.49 bits per heavy atom. The number of aromatic hydroxyl groups is 1. The lowest BCUT2D eigenvalue weighted by Gasteiger charge is -2.44. The standard InChI is InChI=1S/C62H82N4O6S2/c1-42(67)71-52-25-23-46-34-48(56(70)57-55(46)47-27-33-61(72-57)31-12-19-49(61)35-47)39-66-41-60(37-54(66)69)50(24-26-53(60)45-17-6-3-7-18-45)38-64-58(63)65-62(32-13-30-59(62)28-10-11-29-59)74-73-40-44(16-8-9-20-51(68)36-52)22-21-43-14-4-2-5-15-43/h2-7,14-15,17-18,27,33-34,44,47,49-53,68,70H,8-13,16,19-26,28-32,35-41H2,1H3,(H3,63,64,65). The minimum absolute atomic E-state index is 0.0857. The molecule has 1 saturated heterocycles. The lowest BCUT2D eigenvalue weighted by atomic mass is 9.68. The fourth-order valence-electron chi connectivity index (χ4n) is 16.1. The zero-order chi connectivity index (χ0) is 50.9. The average molecular weight is 1040 g/mol. The zero-order valence-corrected chi connectivity index (χ0v) is 45.6. The first-order valence-electron chi connectivity index (χ1n) is 28.8. The van der Waals surface area contributed by atoms with Gasteiger partial charge in [0.05, 0.1) is 6.10 Å². The van der Waals surface area contributed by atoms with Crippen LogP contribution < -0.4 is 15.8 Å². The molecule has 4 heterocycles. The van der Waals surface area contributed by atoms with Crippen LogP contribution in [0.1, 0.15) is 181 Å². The number of aryl methyl sites for hydroxylation is 2. The first kappa shape index (κ1) is 51.9. The fraction of sp³-hybridized carbons (Fsp3) is 0.629. The Morgan fingerprint density at radius 2 is 1.68 bits per heavy atom. The number of phenols is 1. The number of rotatable bonds is 5. The number of nitrogens with zero attached hydrogens (tertiary/aromatic N) is 2. The lowest BCUT2D eigenvalue weighted by molar-refractivity contribution is -0.148. The van der Waals surface area contributed by atoms with Crippen molar-refractivity contribution in [2.24, 2.45) is 39.3 Å². The summed E-state index contributed by atoms with van der Waals surface area (Å²) in [6.45, 7) is 2.86. The molecule has 12 heteroatoms. The van der Waals surface area contributed by atoms with Crippen LogP contribution in [0.3, 0.4) is 0 Å². The van der Waals surface area contributed by atoms with Crippen LogP contribution >= 0.6 is 21.6 Å². The monoisotopic (exact) mass is 1040 g/mol. The Hall–Kier alpha value is -4.13. The highest BCUT2D eigenvalue weighted by molar-refractivity contribution is 8.77. The largest absolute Gasteiger partial charge is 0.504 e. The third kappa shape index (κ3) is 10.4. The van der Waals surface area contributed by atoms with Gasteiger partial charge in [-0.15, -0.1) is 0 Å². The summed E-state index contributed by atoms with van der Waals surface area (Å²) >= 11 is 0. The number of nitrogens with two attached hydrogens (primary N) is 1. The molecule has 10 unspecified atom stereocenters. The van der Waals surface area contributed by atoms with Crippen LogP contribution in [0.25, 0.3) is 0 Å². The van der Waals surface area contributed by atoms with E-state index in [1.165, 1.54) is 56.6 Å². The molecule has 5 fully saturated rings. The van der Waals surface area contributed by atoms with E-state index in [0.29, 0.717) is 74.3 Å². The number of benzene rings is 3. The first-order valence-corrected chi connectivity index (χ1v) is 31.1. The predicted molar refractivity (Wildman–Crippen MR) is 298 cm³/mol. The molecular formula is C62H82N4O6S2. The number of guanidine groups is 1. The first-order chi connectivity index (χ1) is 36.0. The SMILES string of the molecule is CC(=O)OC1CCc2cc(c(O)c3c2C2C=CC4(CCCC4C2)O3)CN2CC3(CC2=O)C(CCC3c2ccccc2)CN=C(N)NC2(CCCC23CCCC3)SSCC(CCc2ccccc2)CCCCC(O)C1. The number of esters is 1. The number of nitrogens with one attached hydrogen (secondary N) is 1. The Labute approximate surface area is 448 Å². The van der Waals surface area contributed by atoms with Gasteiger partial charge in [-0.2, -0.15) is 0 Å². The van der Waals surface area contributed by atoms with Crippen molar-refractivity contribution in [2.45, 2.75) is 196 Å². The number of ether oxygens (including phenoxy) is 2. The smallest absolute Gasteiger partial charge is 0.302 e. The van der Waals surface area contributed by atoms with Gasteiger partial charge in [0.25, 0.3) is 0 Å². The molecule has 4 saturated carbocycles. The number of aliphatic hydroxyl groups excluding tert-OH is 1. The number of amides is 1. The Morgan fingerprint density at radius 1 is 0.892 bits per heavy atom. The molecule has 1 amide bonds. The van der Waals surface area contributed by atoms with Crippen LogP contribution in [0, 0.1) is 28.6 Å². The van der Waals surface area contributed by atoms with E-state index in [9.17, 15) is 19.8 Å². The number of carbonyl (C=O) groups excluding carboxylic acids is 2. The van der Waals surface area contributed by atoms with E-state index in [2.05, 4.69) is 84.2 Å². The van der Waals surface area contributed by atoms with Gasteiger partial charge in [-0.3, -0.25) is 14.6 Å². The van der Waals surface area contributed by atoms with Crippen molar-refractivity contribution in [3.63, 3.8) is 0 Å². The van der Waals surface area contributed by atoms with Crippen LogP contribution in [0.2, 0.25) is 0 Å². The minimum atomic E-state index is -0.603. The van der Waals surface area contributed by atoms with Crippen LogP contribution in [-0.2, 0) is 33.7 Å². The van der Waals surface area contributed by atoms with Crippen LogP contribution in [0.15, 0.2) is 83.9 Å². The topological polar surface area (TPSA) is 147 Å². The van der Waals surface area contributed by atoms with Gasteiger partial charge in [0.15, 0.2) is 17.5 Å². The van der Waals surface area contributed by atoms with Gasteiger partial charge >= 0.3 is 5.97 Å². The molecule has 5 N–H and O–H groups in total. The third-order valence-corrected chi connectivity index (χ3v) is 23.2. The van der Waals surface area contributed by atoms with E-state index < -0.39 is 17.8 Å². The summed E-state index contributed by atoms with van der Waals surface area (Å²) in [5.74, 6) is 3.34. The number of hydrogen-bond acceptors (Lipinski definition) is 11. The Bertz CT molecular complexity index is 2530. The minimum Gasteiger partial charge on any atom is -0.504 e. The molecule has 3 aromatic rings. The summed E-state index contributed by atoms with van der Waals surface area (Å²) < 4.78 is 13.2. The maximum atomic E-state index is 14.8. The molecule has 10 nitrogen and oxygen atoms in total. The predicted octanol–water partition coefficient (Wildman–Crippen LogP) is 12.4. The van der Waals surface area contributed by atoms with Crippen molar-refractivity contribution in [2.75, 3.05) is 18.8 Å². The summed E-state index contributed by atoms with van der Waals surface area (Å²) in [5.41, 5.74) is 12.0. The number of hydrogen-bond donors (Lipinski definition) is 4. The summed E-state index contributed by atoms with van der Waals surface area (Å²) in [6, 6.07) is 23.8. The molecule has 74 heavy (non-hydrogen) atoms. The highest BCUT2D eigenvalue weighted by atomic mass is 33.1. The summed E-state index contributed by atoms with van der Waals surface area (Å²) in [7, 11) is 4.07. The van der Waals surface area contributed by atoms with Gasteiger partial charge < -0.3 is 35.6 Å². The van der Waals surface area contributed by atoms with E-state index in [1.54, 1.807) is 0 Å². The van der Waals surface area contributed by atoms with Gasteiger partial charge in [0.1, 0.15) is 16.6 Å². The third-order valence-electron chi connectivity index (χ3n) is 19.9. The molecule has 4 aliphatic heterocycles. The van der Waals surface area contributed by atoms with E-state index in [1.807, 2.05) is 26.5 Å². The number of carbonyl (C=O) groups is 2. The number of fused-ring (bicyclic) bond motifs is 4. The molecule has 6 bridgehead atoms. The van der Waals surface area contributed by atoms with E-state index in [0.717, 1.165) is 93.9 Å². The van der Waals surface area contributed by atoms with E-state index in [4.69, 9.17) is 20.2 Å². The number of aliphatic hydroxyl groups is 1. The second-order valence-electron chi connectivity index (χ2n) is 24.3. The van der Waals surface area contributed by atoms with E-state index >= 15 is 0 Å². The zero-order valence-electron chi connectivity index (χ0n) is 44.0. The van der Waals surface area contributed by atoms with Crippen molar-refractivity contribution >= 4 is 39.4 Å².